The van der Waals surface area contributed by atoms with Crippen LogP contribution in [0.1, 0.15) is 297 Å². The maximum absolute atomic E-state index is 13.3. The highest BCUT2D eigenvalue weighted by Crippen LogP contribution is 2.19. The van der Waals surface area contributed by atoms with E-state index in [1.807, 2.05) is 24.3 Å². The molecule has 0 aromatic carbocycles. The predicted octanol–water partition coefficient (Wildman–Crippen LogP) is 18.4. The topological polar surface area (TPSA) is 95.9 Å². The molecule has 3 unspecified atom stereocenters. The Morgan fingerprint density at radius 2 is 0.779 bits per heavy atom. The lowest BCUT2D eigenvalue weighted by Gasteiger charge is -2.24. The summed E-state index contributed by atoms with van der Waals surface area (Å²) in [4.78, 5) is 26.3. The van der Waals surface area contributed by atoms with Gasteiger partial charge < -0.3 is 20.3 Å². The van der Waals surface area contributed by atoms with Crippen molar-refractivity contribution in [3.05, 3.63) is 60.8 Å². The molecule has 0 bridgehead atoms. The molecule has 0 radical (unpaired) electrons. The molecule has 0 aliphatic heterocycles. The first-order chi connectivity index (χ1) is 33.5. The van der Waals surface area contributed by atoms with Gasteiger partial charge in [0.2, 0.25) is 5.91 Å². The standard InChI is InChI=1S/C62H113NO5/c1-4-7-10-13-16-19-22-25-28-30-32-34-37-40-43-46-49-52-55-62(67)68-58(53-50-47-44-41-38-35-33-31-29-26-23-20-17-14-11-8-5-2)56-61(66)63-59(57-64)60(65)54-51-48-45-42-39-36-27-24-21-18-15-12-9-6-3/h10,13,16,19,22,25,28,30,32,34,58-60,64-65H,4-9,11-12,14-15,17-18,20-21,23-24,26-27,29,31,33,35-57H2,1-3H3,(H,63,66)/b13-10+,19-16+,25-22+,30-28+,34-32+. The van der Waals surface area contributed by atoms with E-state index in [2.05, 4.69) is 62.5 Å². The average molecular weight is 953 g/mol. The first-order valence-corrected chi connectivity index (χ1v) is 29.6. The molecule has 3 atom stereocenters. The monoisotopic (exact) mass is 952 g/mol. The molecule has 396 valence electrons. The minimum Gasteiger partial charge on any atom is -0.462 e. The van der Waals surface area contributed by atoms with Crippen molar-refractivity contribution < 1.29 is 24.5 Å². The van der Waals surface area contributed by atoms with Gasteiger partial charge in [-0.1, -0.05) is 300 Å². The van der Waals surface area contributed by atoms with Crippen LogP contribution in [0.15, 0.2) is 60.8 Å². The van der Waals surface area contributed by atoms with Gasteiger partial charge in [0.25, 0.3) is 0 Å². The zero-order valence-electron chi connectivity index (χ0n) is 45.2. The lowest BCUT2D eigenvalue weighted by Crippen LogP contribution is -2.46. The molecule has 68 heavy (non-hydrogen) atoms. The van der Waals surface area contributed by atoms with Crippen LogP contribution in [0.3, 0.4) is 0 Å². The molecule has 6 nitrogen and oxygen atoms in total. The van der Waals surface area contributed by atoms with Gasteiger partial charge in [-0.2, -0.15) is 0 Å². The van der Waals surface area contributed by atoms with Gasteiger partial charge in [0.1, 0.15) is 6.10 Å². The molecular formula is C62H113NO5. The summed E-state index contributed by atoms with van der Waals surface area (Å²) >= 11 is 0. The van der Waals surface area contributed by atoms with Gasteiger partial charge in [-0.3, -0.25) is 9.59 Å². The summed E-state index contributed by atoms with van der Waals surface area (Å²) < 4.78 is 5.96. The van der Waals surface area contributed by atoms with E-state index in [-0.39, 0.29) is 24.9 Å². The maximum atomic E-state index is 13.3. The smallest absolute Gasteiger partial charge is 0.306 e. The Kier molecular flexibility index (Phi) is 53.5. The van der Waals surface area contributed by atoms with E-state index in [9.17, 15) is 19.8 Å². The predicted molar refractivity (Wildman–Crippen MR) is 296 cm³/mol. The fourth-order valence-corrected chi connectivity index (χ4v) is 8.99. The minimum absolute atomic E-state index is 0.0689. The number of carbonyl (C=O) groups excluding carboxylic acids is 2. The molecule has 0 fully saturated rings. The van der Waals surface area contributed by atoms with Gasteiger partial charge in [0, 0.05) is 6.42 Å². The van der Waals surface area contributed by atoms with Crippen LogP contribution >= 0.6 is 0 Å². The van der Waals surface area contributed by atoms with Gasteiger partial charge in [0.15, 0.2) is 0 Å². The van der Waals surface area contributed by atoms with Crippen LogP contribution in [0, 0.1) is 0 Å². The molecule has 0 aromatic heterocycles. The lowest BCUT2D eigenvalue weighted by molar-refractivity contribution is -0.151. The molecular weight excluding hydrogens is 839 g/mol. The van der Waals surface area contributed by atoms with Gasteiger partial charge in [-0.05, 0) is 44.9 Å². The SMILES string of the molecule is CCC/C=C/C=C/C=C/C=C/C=C/CCCCCCCC(=O)OC(CCCCCCCCCCCCCCCCCCC)CC(=O)NC(CO)C(O)CCCCCCCCCCCCCCCC. The van der Waals surface area contributed by atoms with E-state index >= 15 is 0 Å². The number of ether oxygens (including phenoxy) is 1. The van der Waals surface area contributed by atoms with Crippen molar-refractivity contribution in [2.45, 2.75) is 315 Å². The summed E-state index contributed by atoms with van der Waals surface area (Å²) in [6.45, 7) is 6.43. The Hall–Kier alpha value is -2.44. The van der Waals surface area contributed by atoms with Crippen LogP contribution in [0.2, 0.25) is 0 Å². The van der Waals surface area contributed by atoms with Gasteiger partial charge >= 0.3 is 5.97 Å². The van der Waals surface area contributed by atoms with E-state index in [1.54, 1.807) is 0 Å². The highest BCUT2D eigenvalue weighted by atomic mass is 16.5. The lowest BCUT2D eigenvalue weighted by atomic mass is 10.0. The molecule has 0 heterocycles. The highest BCUT2D eigenvalue weighted by Gasteiger charge is 2.24. The second-order valence-corrected chi connectivity index (χ2v) is 20.2. The third-order valence-corrected chi connectivity index (χ3v) is 13.5. The number of aliphatic hydroxyl groups is 2. The van der Waals surface area contributed by atoms with Gasteiger partial charge in [-0.15, -0.1) is 0 Å². The molecule has 6 heteroatoms. The van der Waals surface area contributed by atoms with Crippen LogP contribution in [0.25, 0.3) is 0 Å². The summed E-state index contributed by atoms with van der Waals surface area (Å²) in [5, 5.41) is 23.9. The van der Waals surface area contributed by atoms with Crippen molar-refractivity contribution in [2.75, 3.05) is 6.61 Å². The summed E-state index contributed by atoms with van der Waals surface area (Å²) in [7, 11) is 0. The number of carbonyl (C=O) groups is 2. The first kappa shape index (κ1) is 65.6. The number of unbranched alkanes of at least 4 members (excludes halogenated alkanes) is 35. The third-order valence-electron chi connectivity index (χ3n) is 13.5. The fourth-order valence-electron chi connectivity index (χ4n) is 8.99. The molecule has 0 saturated heterocycles. The van der Waals surface area contributed by atoms with Crippen molar-refractivity contribution >= 4 is 11.9 Å². The van der Waals surface area contributed by atoms with Crippen LogP contribution in [0.5, 0.6) is 0 Å². The van der Waals surface area contributed by atoms with Crippen molar-refractivity contribution in [3.8, 4) is 0 Å². The molecule has 1 amide bonds. The normalized spacial score (nSPS) is 13.5. The molecule has 0 aromatic rings. The number of allylic oxidation sites excluding steroid dienone is 10. The third kappa shape index (κ3) is 50.0. The number of nitrogens with one attached hydrogen (secondary N) is 1. The number of hydrogen-bond acceptors (Lipinski definition) is 5. The fraction of sp³-hybridized carbons (Fsp3) is 0.806. The number of esters is 1. The maximum Gasteiger partial charge on any atom is 0.306 e. The van der Waals surface area contributed by atoms with Crippen molar-refractivity contribution in [1.29, 1.82) is 0 Å². The first-order valence-electron chi connectivity index (χ1n) is 29.6. The molecule has 0 aliphatic carbocycles. The molecule has 0 spiro atoms. The summed E-state index contributed by atoms with van der Waals surface area (Å²) in [6.07, 6.45) is 69.9. The van der Waals surface area contributed by atoms with Crippen molar-refractivity contribution in [2.24, 2.45) is 0 Å². The average Bonchev–Trinajstić information content (AvgIpc) is 3.33. The van der Waals surface area contributed by atoms with E-state index < -0.39 is 18.2 Å². The Balaban J connectivity index is 4.60. The molecule has 0 aliphatic rings. The quantitative estimate of drug-likeness (QED) is 0.0321. The Labute approximate surface area is 422 Å². The van der Waals surface area contributed by atoms with Gasteiger partial charge in [0.05, 0.1) is 25.2 Å². The second-order valence-electron chi connectivity index (χ2n) is 20.2. The van der Waals surface area contributed by atoms with Crippen molar-refractivity contribution in [3.63, 3.8) is 0 Å². The second kappa shape index (κ2) is 55.5. The Bertz CT molecular complexity index is 1210. The molecule has 0 rings (SSSR count). The van der Waals surface area contributed by atoms with E-state index in [0.717, 1.165) is 77.0 Å². The number of rotatable bonds is 53. The summed E-state index contributed by atoms with van der Waals surface area (Å²) in [6, 6.07) is -0.708. The van der Waals surface area contributed by atoms with Crippen LogP contribution < -0.4 is 5.32 Å². The highest BCUT2D eigenvalue weighted by molar-refractivity contribution is 5.77. The number of amides is 1. The van der Waals surface area contributed by atoms with E-state index in [4.69, 9.17) is 4.74 Å². The van der Waals surface area contributed by atoms with Gasteiger partial charge in [-0.25, -0.2) is 0 Å². The largest absolute Gasteiger partial charge is 0.462 e. The molecule has 0 saturated carbocycles. The zero-order valence-corrected chi connectivity index (χ0v) is 45.2. The number of aliphatic hydroxyl groups excluding tert-OH is 2. The zero-order chi connectivity index (χ0) is 49.5. The van der Waals surface area contributed by atoms with E-state index in [1.165, 1.54) is 173 Å². The summed E-state index contributed by atoms with van der Waals surface area (Å²) in [5.74, 6) is -0.489. The van der Waals surface area contributed by atoms with Crippen LogP contribution in [0.4, 0.5) is 0 Å². The number of hydrogen-bond donors (Lipinski definition) is 3. The van der Waals surface area contributed by atoms with Crippen LogP contribution in [-0.2, 0) is 14.3 Å². The van der Waals surface area contributed by atoms with Crippen molar-refractivity contribution in [1.82, 2.24) is 5.32 Å². The Morgan fingerprint density at radius 3 is 1.19 bits per heavy atom. The Morgan fingerprint density at radius 1 is 0.426 bits per heavy atom. The van der Waals surface area contributed by atoms with Crippen LogP contribution in [-0.4, -0.2) is 46.9 Å². The van der Waals surface area contributed by atoms with E-state index in [0.29, 0.717) is 19.3 Å². The summed E-state index contributed by atoms with van der Waals surface area (Å²) in [5.41, 5.74) is 0. The minimum atomic E-state index is -0.793. The molecule has 3 N–H and O–H groups in total.